The van der Waals surface area contributed by atoms with E-state index in [2.05, 4.69) is 10.1 Å². The average Bonchev–Trinajstić information content (AvgIpc) is 2.96. The lowest BCUT2D eigenvalue weighted by Gasteiger charge is -2.11. The summed E-state index contributed by atoms with van der Waals surface area (Å²) in [5, 5.41) is 14.2. The van der Waals surface area contributed by atoms with Crippen LogP contribution in [0.1, 0.15) is 19.0 Å². The second-order valence-electron chi connectivity index (χ2n) is 5.11. The van der Waals surface area contributed by atoms with Crippen molar-refractivity contribution in [2.75, 3.05) is 0 Å². The summed E-state index contributed by atoms with van der Waals surface area (Å²) >= 11 is 6.14. The quantitative estimate of drug-likeness (QED) is 0.782. The van der Waals surface area contributed by atoms with Crippen LogP contribution >= 0.6 is 11.6 Å². The van der Waals surface area contributed by atoms with Gasteiger partial charge in [-0.2, -0.15) is 9.61 Å². The van der Waals surface area contributed by atoms with Crippen LogP contribution in [0, 0.1) is 0 Å². The monoisotopic (exact) mass is 317 g/mol. The first kappa shape index (κ1) is 14.8. The van der Waals surface area contributed by atoms with Crippen LogP contribution in [-0.4, -0.2) is 25.8 Å². The first-order chi connectivity index (χ1) is 10.6. The fourth-order valence-corrected chi connectivity index (χ4v) is 2.31. The maximum atomic E-state index is 9.43. The number of hydrogen-bond acceptors (Lipinski definition) is 4. The van der Waals surface area contributed by atoms with Crippen LogP contribution in [0.2, 0.25) is 5.02 Å². The summed E-state index contributed by atoms with van der Waals surface area (Å²) in [6, 6.07) is 10.9. The summed E-state index contributed by atoms with van der Waals surface area (Å²) in [5.74, 6) is 1.11. The number of ether oxygens (including phenoxy) is 1. The van der Waals surface area contributed by atoms with Crippen molar-refractivity contribution in [2.24, 2.45) is 0 Å². The van der Waals surface area contributed by atoms with Gasteiger partial charge in [-0.3, -0.25) is 0 Å². The summed E-state index contributed by atoms with van der Waals surface area (Å²) in [6.07, 6.45) is 2.61. The van der Waals surface area contributed by atoms with E-state index in [1.54, 1.807) is 29.8 Å². The summed E-state index contributed by atoms with van der Waals surface area (Å²) in [4.78, 5) is 4.51. The molecule has 1 N–H and O–H groups in total. The highest BCUT2D eigenvalue weighted by Crippen LogP contribution is 2.29. The topological polar surface area (TPSA) is 59.7 Å². The largest absolute Gasteiger partial charge is 0.437 e. The van der Waals surface area contributed by atoms with Crippen molar-refractivity contribution < 1.29 is 9.84 Å². The van der Waals surface area contributed by atoms with Crippen LogP contribution in [-0.2, 0) is 6.42 Å². The Morgan fingerprint density at radius 2 is 2.14 bits per heavy atom. The third-order valence-corrected chi connectivity index (χ3v) is 3.56. The highest BCUT2D eigenvalue weighted by Gasteiger charge is 2.11. The molecule has 22 heavy (non-hydrogen) atoms. The Bertz CT molecular complexity index is 786. The maximum absolute atomic E-state index is 9.43. The zero-order valence-electron chi connectivity index (χ0n) is 12.1. The molecule has 0 amide bonds. The van der Waals surface area contributed by atoms with Crippen molar-refractivity contribution in [1.29, 1.82) is 0 Å². The summed E-state index contributed by atoms with van der Waals surface area (Å²) in [6.45, 7) is 1.76. The normalized spacial score (nSPS) is 12.5. The zero-order chi connectivity index (χ0) is 15.5. The van der Waals surface area contributed by atoms with Crippen LogP contribution in [0.5, 0.6) is 11.6 Å². The molecule has 114 valence electrons. The minimum Gasteiger partial charge on any atom is -0.437 e. The predicted octanol–water partition coefficient (Wildman–Crippen LogP) is 3.49. The summed E-state index contributed by atoms with van der Waals surface area (Å²) < 4.78 is 7.51. The molecule has 0 aliphatic heterocycles. The standard InChI is InChI=1S/C16H16ClN3O2/c1-11(21)6-7-12-10-16(20-15(19-12)8-9-18-20)22-14-5-3-2-4-13(14)17/h2-5,8-11,21H,6-7H2,1H3. The first-order valence-corrected chi connectivity index (χ1v) is 7.45. The van der Waals surface area contributed by atoms with Gasteiger partial charge < -0.3 is 9.84 Å². The molecule has 1 unspecified atom stereocenters. The number of aryl methyl sites for hydroxylation is 1. The molecule has 0 aliphatic carbocycles. The highest BCUT2D eigenvalue weighted by atomic mass is 35.5. The van der Waals surface area contributed by atoms with Crippen LogP contribution in [0.15, 0.2) is 42.6 Å². The van der Waals surface area contributed by atoms with Gasteiger partial charge in [0.15, 0.2) is 5.65 Å². The molecular formula is C16H16ClN3O2. The van der Waals surface area contributed by atoms with Gasteiger partial charge in [-0.05, 0) is 31.9 Å². The van der Waals surface area contributed by atoms with Crippen LogP contribution < -0.4 is 4.74 Å². The number of para-hydroxylation sites is 1. The Morgan fingerprint density at radius 1 is 1.32 bits per heavy atom. The van der Waals surface area contributed by atoms with E-state index in [0.29, 0.717) is 35.1 Å². The minimum absolute atomic E-state index is 0.365. The Morgan fingerprint density at radius 3 is 2.91 bits per heavy atom. The molecule has 0 aliphatic rings. The van der Waals surface area contributed by atoms with E-state index in [0.717, 1.165) is 5.69 Å². The Hall–Kier alpha value is -2.11. The van der Waals surface area contributed by atoms with Crippen LogP contribution in [0.3, 0.4) is 0 Å². The van der Waals surface area contributed by atoms with E-state index in [4.69, 9.17) is 16.3 Å². The molecule has 0 fully saturated rings. The van der Waals surface area contributed by atoms with Gasteiger partial charge in [-0.15, -0.1) is 0 Å². The van der Waals surface area contributed by atoms with Gasteiger partial charge in [0.05, 0.1) is 17.3 Å². The lowest BCUT2D eigenvalue weighted by atomic mass is 10.1. The molecular weight excluding hydrogens is 302 g/mol. The average molecular weight is 318 g/mol. The van der Waals surface area contributed by atoms with E-state index >= 15 is 0 Å². The molecule has 6 heteroatoms. The Balaban J connectivity index is 1.96. The maximum Gasteiger partial charge on any atom is 0.224 e. The molecule has 1 aromatic carbocycles. The third-order valence-electron chi connectivity index (χ3n) is 3.25. The van der Waals surface area contributed by atoms with E-state index in [1.165, 1.54) is 0 Å². The molecule has 2 aromatic heterocycles. The van der Waals surface area contributed by atoms with Crippen LogP contribution in [0.25, 0.3) is 5.65 Å². The Labute approximate surface area is 133 Å². The van der Waals surface area contributed by atoms with Crippen LogP contribution in [0.4, 0.5) is 0 Å². The molecule has 0 radical (unpaired) electrons. The second kappa shape index (κ2) is 6.34. The predicted molar refractivity (Wildman–Crippen MR) is 84.5 cm³/mol. The van der Waals surface area contributed by atoms with Gasteiger partial charge in [-0.25, -0.2) is 4.98 Å². The van der Waals surface area contributed by atoms with Crippen molar-refractivity contribution in [1.82, 2.24) is 14.6 Å². The molecule has 0 saturated carbocycles. The van der Waals surface area contributed by atoms with Gasteiger partial charge in [0.1, 0.15) is 5.75 Å². The number of aromatic nitrogens is 3. The van der Waals surface area contributed by atoms with Gasteiger partial charge >= 0.3 is 0 Å². The lowest BCUT2D eigenvalue weighted by molar-refractivity contribution is 0.184. The molecule has 2 heterocycles. The second-order valence-corrected chi connectivity index (χ2v) is 5.51. The lowest BCUT2D eigenvalue weighted by Crippen LogP contribution is -2.05. The molecule has 1 atom stereocenters. The number of nitrogens with zero attached hydrogens (tertiary/aromatic N) is 3. The fourth-order valence-electron chi connectivity index (χ4n) is 2.13. The van der Waals surface area contributed by atoms with E-state index in [1.807, 2.05) is 24.3 Å². The van der Waals surface area contributed by atoms with Crippen molar-refractivity contribution >= 4 is 17.2 Å². The number of benzene rings is 1. The van der Waals surface area contributed by atoms with Crippen molar-refractivity contribution in [3.63, 3.8) is 0 Å². The summed E-state index contributed by atoms with van der Waals surface area (Å²) in [7, 11) is 0. The molecule has 0 spiro atoms. The molecule has 0 bridgehead atoms. The highest BCUT2D eigenvalue weighted by molar-refractivity contribution is 6.32. The smallest absolute Gasteiger partial charge is 0.224 e. The number of aliphatic hydroxyl groups is 1. The van der Waals surface area contributed by atoms with Crippen molar-refractivity contribution in [3.05, 3.63) is 53.3 Å². The van der Waals surface area contributed by atoms with Gasteiger partial charge in [0.25, 0.3) is 0 Å². The summed E-state index contributed by atoms with van der Waals surface area (Å²) in [5.41, 5.74) is 1.54. The first-order valence-electron chi connectivity index (χ1n) is 7.07. The van der Waals surface area contributed by atoms with E-state index in [-0.39, 0.29) is 6.10 Å². The van der Waals surface area contributed by atoms with E-state index < -0.39 is 0 Å². The zero-order valence-corrected chi connectivity index (χ0v) is 12.9. The number of hydrogen-bond donors (Lipinski definition) is 1. The number of aliphatic hydroxyl groups excluding tert-OH is 1. The van der Waals surface area contributed by atoms with Crippen molar-refractivity contribution in [3.8, 4) is 11.6 Å². The van der Waals surface area contributed by atoms with Gasteiger partial charge in [0.2, 0.25) is 5.88 Å². The fraction of sp³-hybridized carbons (Fsp3) is 0.250. The van der Waals surface area contributed by atoms with Gasteiger partial charge in [0, 0.05) is 17.8 Å². The van der Waals surface area contributed by atoms with Gasteiger partial charge in [-0.1, -0.05) is 23.7 Å². The molecule has 0 saturated heterocycles. The number of rotatable bonds is 5. The Kier molecular flexibility index (Phi) is 4.27. The molecule has 3 rings (SSSR count). The number of halogens is 1. The molecule has 5 nitrogen and oxygen atoms in total. The minimum atomic E-state index is -0.365. The SMILES string of the molecule is CC(O)CCc1cc(Oc2ccccc2Cl)n2nccc2n1. The number of fused-ring (bicyclic) bond motifs is 1. The van der Waals surface area contributed by atoms with E-state index in [9.17, 15) is 5.11 Å². The third kappa shape index (κ3) is 3.21. The van der Waals surface area contributed by atoms with Crippen molar-refractivity contribution in [2.45, 2.75) is 25.9 Å². The molecule has 3 aromatic rings.